The van der Waals surface area contributed by atoms with Gasteiger partial charge in [-0.15, -0.1) is 0 Å². The van der Waals surface area contributed by atoms with Crippen LogP contribution in [0.15, 0.2) is 47.4 Å². The fourth-order valence-electron chi connectivity index (χ4n) is 1.64. The first kappa shape index (κ1) is 13.4. The highest BCUT2D eigenvalue weighted by atomic mass is 32.2. The van der Waals surface area contributed by atoms with Gasteiger partial charge in [0.2, 0.25) is 0 Å². The van der Waals surface area contributed by atoms with Crippen molar-refractivity contribution >= 4 is 21.4 Å². The molecule has 2 rings (SSSR count). The third kappa shape index (κ3) is 2.85. The number of rotatable bonds is 3. The quantitative estimate of drug-likeness (QED) is 0.848. The Morgan fingerprint density at radius 1 is 1.16 bits per heavy atom. The Bertz CT molecular complexity index is 694. The van der Waals surface area contributed by atoms with E-state index in [0.717, 1.165) is 0 Å². The van der Waals surface area contributed by atoms with E-state index >= 15 is 0 Å². The Balaban J connectivity index is 2.42. The van der Waals surface area contributed by atoms with Crippen molar-refractivity contribution in [1.29, 1.82) is 0 Å². The molecule has 0 aromatic heterocycles. The molecule has 0 heterocycles. The number of para-hydroxylation sites is 1. The molecule has 19 heavy (non-hydrogen) atoms. The zero-order valence-corrected chi connectivity index (χ0v) is 11.0. The molecule has 0 saturated heterocycles. The zero-order valence-electron chi connectivity index (χ0n) is 10.2. The number of nitrogens with one attached hydrogen (secondary N) is 1. The van der Waals surface area contributed by atoms with Crippen molar-refractivity contribution < 1.29 is 12.8 Å². The van der Waals surface area contributed by atoms with E-state index in [0.29, 0.717) is 11.3 Å². The van der Waals surface area contributed by atoms with E-state index in [9.17, 15) is 12.8 Å². The van der Waals surface area contributed by atoms with Crippen molar-refractivity contribution in [1.82, 2.24) is 0 Å². The Hall–Kier alpha value is -2.08. The van der Waals surface area contributed by atoms with Crippen LogP contribution in [0, 0.1) is 12.7 Å². The summed E-state index contributed by atoms with van der Waals surface area (Å²) in [6.45, 7) is 1.63. The van der Waals surface area contributed by atoms with Gasteiger partial charge in [0, 0.05) is 5.69 Å². The van der Waals surface area contributed by atoms with Crippen molar-refractivity contribution in [3.8, 4) is 0 Å². The molecule has 4 nitrogen and oxygen atoms in total. The molecule has 100 valence electrons. The first-order valence-electron chi connectivity index (χ1n) is 5.53. The fraction of sp³-hybridized carbons (Fsp3) is 0.0769. The van der Waals surface area contributed by atoms with E-state index in [-0.39, 0.29) is 10.6 Å². The molecular formula is C13H13FN2O2S. The molecule has 3 N–H and O–H groups in total. The largest absolute Gasteiger partial charge is 0.399 e. The highest BCUT2D eigenvalue weighted by molar-refractivity contribution is 7.92. The molecule has 0 unspecified atom stereocenters. The highest BCUT2D eigenvalue weighted by Gasteiger charge is 2.17. The van der Waals surface area contributed by atoms with Crippen LogP contribution in [-0.2, 0) is 10.0 Å². The maximum atomic E-state index is 13.6. The summed E-state index contributed by atoms with van der Waals surface area (Å²) in [5.74, 6) is -0.618. The lowest BCUT2D eigenvalue weighted by atomic mass is 10.2. The third-order valence-corrected chi connectivity index (χ3v) is 3.97. The van der Waals surface area contributed by atoms with Crippen LogP contribution in [0.3, 0.4) is 0 Å². The SMILES string of the molecule is Cc1cccc(F)c1NS(=O)(=O)c1cccc(N)c1. The third-order valence-electron chi connectivity index (χ3n) is 2.63. The minimum absolute atomic E-state index is 0.00449. The number of nitrogen functional groups attached to an aromatic ring is 1. The van der Waals surface area contributed by atoms with Gasteiger partial charge in [-0.3, -0.25) is 4.72 Å². The van der Waals surface area contributed by atoms with Crippen LogP contribution >= 0.6 is 0 Å². The van der Waals surface area contributed by atoms with E-state index in [1.54, 1.807) is 19.1 Å². The molecule has 0 radical (unpaired) electrons. The topological polar surface area (TPSA) is 72.2 Å². The van der Waals surface area contributed by atoms with Crippen molar-refractivity contribution in [3.63, 3.8) is 0 Å². The average Bonchev–Trinajstić information content (AvgIpc) is 2.34. The average molecular weight is 280 g/mol. The monoisotopic (exact) mass is 280 g/mol. The first-order valence-corrected chi connectivity index (χ1v) is 7.02. The first-order chi connectivity index (χ1) is 8.90. The van der Waals surface area contributed by atoms with Crippen LogP contribution in [0.5, 0.6) is 0 Å². The van der Waals surface area contributed by atoms with Gasteiger partial charge < -0.3 is 5.73 Å². The van der Waals surface area contributed by atoms with E-state index in [4.69, 9.17) is 5.73 Å². The molecule has 0 amide bonds. The maximum absolute atomic E-state index is 13.6. The second kappa shape index (κ2) is 4.89. The molecule has 0 bridgehead atoms. The molecule has 0 atom stereocenters. The summed E-state index contributed by atoms with van der Waals surface area (Å²) in [6, 6.07) is 10.2. The molecule has 0 spiro atoms. The van der Waals surface area contributed by atoms with Gasteiger partial charge in [0.05, 0.1) is 10.6 Å². The number of hydrogen-bond donors (Lipinski definition) is 2. The van der Waals surface area contributed by atoms with Gasteiger partial charge in [-0.25, -0.2) is 12.8 Å². The smallest absolute Gasteiger partial charge is 0.262 e. The van der Waals surface area contributed by atoms with Crippen molar-refractivity contribution in [2.24, 2.45) is 0 Å². The lowest BCUT2D eigenvalue weighted by Gasteiger charge is -2.11. The number of hydrogen-bond acceptors (Lipinski definition) is 3. The van der Waals surface area contributed by atoms with E-state index in [1.807, 2.05) is 0 Å². The second-order valence-corrected chi connectivity index (χ2v) is 5.79. The van der Waals surface area contributed by atoms with Gasteiger partial charge in [0.25, 0.3) is 10.0 Å². The van der Waals surface area contributed by atoms with Crippen LogP contribution in [0.25, 0.3) is 0 Å². The lowest BCUT2D eigenvalue weighted by molar-refractivity contribution is 0.598. The van der Waals surface area contributed by atoms with Crippen LogP contribution in [0.4, 0.5) is 15.8 Å². The normalized spacial score (nSPS) is 11.3. The van der Waals surface area contributed by atoms with Crippen molar-refractivity contribution in [2.75, 3.05) is 10.5 Å². The highest BCUT2D eigenvalue weighted by Crippen LogP contribution is 2.23. The van der Waals surface area contributed by atoms with Gasteiger partial charge in [-0.05, 0) is 36.8 Å². The maximum Gasteiger partial charge on any atom is 0.262 e. The molecule has 0 aliphatic carbocycles. The Morgan fingerprint density at radius 2 is 1.84 bits per heavy atom. The summed E-state index contributed by atoms with van der Waals surface area (Å²) in [5.41, 5.74) is 6.33. The molecule has 6 heteroatoms. The summed E-state index contributed by atoms with van der Waals surface area (Å²) in [7, 11) is -3.85. The summed E-state index contributed by atoms with van der Waals surface area (Å²) < 4.78 is 40.1. The van der Waals surface area contributed by atoms with Crippen molar-refractivity contribution in [2.45, 2.75) is 11.8 Å². The number of aryl methyl sites for hydroxylation is 1. The minimum Gasteiger partial charge on any atom is -0.399 e. The van der Waals surface area contributed by atoms with Crippen LogP contribution in [-0.4, -0.2) is 8.42 Å². The molecule has 2 aromatic rings. The Morgan fingerprint density at radius 3 is 2.47 bits per heavy atom. The lowest BCUT2D eigenvalue weighted by Crippen LogP contribution is -2.15. The predicted octanol–water partition coefficient (Wildman–Crippen LogP) is 2.52. The summed E-state index contributed by atoms with van der Waals surface area (Å²) in [4.78, 5) is -0.00449. The number of nitrogens with two attached hydrogens (primary N) is 1. The fourth-order valence-corrected chi connectivity index (χ4v) is 2.83. The summed E-state index contributed by atoms with van der Waals surface area (Å²) in [5, 5.41) is 0. The van der Waals surface area contributed by atoms with E-state index < -0.39 is 15.8 Å². The second-order valence-electron chi connectivity index (χ2n) is 4.11. The van der Waals surface area contributed by atoms with Gasteiger partial charge >= 0.3 is 0 Å². The number of anilines is 2. The molecule has 0 saturated carbocycles. The minimum atomic E-state index is -3.85. The van der Waals surface area contributed by atoms with E-state index in [1.165, 1.54) is 30.3 Å². The summed E-state index contributed by atoms with van der Waals surface area (Å²) >= 11 is 0. The van der Waals surface area contributed by atoms with Crippen LogP contribution in [0.1, 0.15) is 5.56 Å². The number of benzene rings is 2. The number of sulfonamides is 1. The number of halogens is 1. The molecule has 2 aromatic carbocycles. The van der Waals surface area contributed by atoms with Gasteiger partial charge in [-0.2, -0.15) is 0 Å². The van der Waals surface area contributed by atoms with Gasteiger partial charge in [0.15, 0.2) is 0 Å². The van der Waals surface area contributed by atoms with Crippen molar-refractivity contribution in [3.05, 3.63) is 53.8 Å². The van der Waals surface area contributed by atoms with Gasteiger partial charge in [0.1, 0.15) is 5.82 Å². The van der Waals surface area contributed by atoms with E-state index in [2.05, 4.69) is 4.72 Å². The predicted molar refractivity (Wildman–Crippen MR) is 72.8 cm³/mol. The zero-order chi connectivity index (χ0) is 14.0. The molecule has 0 aliphatic heterocycles. The van der Waals surface area contributed by atoms with Gasteiger partial charge in [-0.1, -0.05) is 18.2 Å². The summed E-state index contributed by atoms with van der Waals surface area (Å²) in [6.07, 6.45) is 0. The molecular weight excluding hydrogens is 267 g/mol. The van der Waals surface area contributed by atoms with Crippen LogP contribution in [0.2, 0.25) is 0 Å². The van der Waals surface area contributed by atoms with Crippen LogP contribution < -0.4 is 10.5 Å². The Labute approximate surface area is 111 Å². The molecule has 0 aliphatic rings. The Kier molecular flexibility index (Phi) is 3.44. The standard InChI is InChI=1S/C13H13FN2O2S/c1-9-4-2-7-12(14)13(9)16-19(17,18)11-6-3-5-10(15)8-11/h2-8,16H,15H2,1H3. The molecule has 0 fully saturated rings.